The fourth-order valence-electron chi connectivity index (χ4n) is 10.1. The van der Waals surface area contributed by atoms with Gasteiger partial charge in [-0.3, -0.25) is 19.2 Å². The van der Waals surface area contributed by atoms with E-state index in [0.29, 0.717) is 65.3 Å². The zero-order chi connectivity index (χ0) is 69.2. The molecule has 1 aliphatic rings. The number of carbonyl (C=O) groups excluding carboxylic acids is 3. The smallest absolute Gasteiger partial charge is 0.305 e. The van der Waals surface area contributed by atoms with Crippen LogP contribution in [0.25, 0.3) is 0 Å². The van der Waals surface area contributed by atoms with E-state index in [-0.39, 0.29) is 31.1 Å². The maximum absolute atomic E-state index is 11.2. The van der Waals surface area contributed by atoms with E-state index in [9.17, 15) is 19.2 Å². The maximum Gasteiger partial charge on any atom is 0.305 e. The minimum absolute atomic E-state index is 0.00393. The molecule has 1 aliphatic heterocycles. The van der Waals surface area contributed by atoms with E-state index in [0.717, 1.165) is 128 Å². The summed E-state index contributed by atoms with van der Waals surface area (Å²) in [4.78, 5) is 43.0. The van der Waals surface area contributed by atoms with Crippen molar-refractivity contribution in [2.24, 2.45) is 0 Å². The second-order valence-electron chi connectivity index (χ2n) is 25.1. The van der Waals surface area contributed by atoms with Gasteiger partial charge >= 0.3 is 23.9 Å². The first-order chi connectivity index (χ1) is 45.0. The van der Waals surface area contributed by atoms with E-state index in [1.165, 1.54) is 252 Å². The lowest BCUT2D eigenvalue weighted by Crippen LogP contribution is -2.05. The summed E-state index contributed by atoms with van der Waals surface area (Å²) in [7, 11) is 2.86. The highest BCUT2D eigenvalue weighted by molar-refractivity contribution is 5.69. The Balaban J connectivity index is -0.000000237. The molecule has 1 saturated heterocycles. The third-order valence-electron chi connectivity index (χ3n) is 16.1. The molecule has 0 saturated carbocycles. The van der Waals surface area contributed by atoms with Crippen LogP contribution in [0, 0.1) is 6.92 Å². The van der Waals surface area contributed by atoms with Gasteiger partial charge < -0.3 is 55.1 Å². The molecular formula is C77H157O15+. The van der Waals surface area contributed by atoms with Gasteiger partial charge in [0, 0.05) is 71.9 Å². The molecule has 1 heterocycles. The van der Waals surface area contributed by atoms with Crippen LogP contribution in [0.3, 0.4) is 0 Å². The Hall–Kier alpha value is -2.53. The van der Waals surface area contributed by atoms with E-state index < -0.39 is 5.97 Å². The van der Waals surface area contributed by atoms with Gasteiger partial charge in [0.2, 0.25) is 0 Å². The molecule has 0 amide bonds. The van der Waals surface area contributed by atoms with Crippen molar-refractivity contribution in [1.82, 2.24) is 0 Å². The lowest BCUT2D eigenvalue weighted by Gasteiger charge is -2.03. The Morgan fingerprint density at radius 2 is 0.543 bits per heavy atom. The summed E-state index contributed by atoms with van der Waals surface area (Å²) in [6.07, 6.45) is 70.2. The maximum atomic E-state index is 11.2. The molecule has 0 aromatic rings. The third-order valence-corrected chi connectivity index (χ3v) is 16.1. The molecule has 0 aliphatic carbocycles. The first-order valence-corrected chi connectivity index (χ1v) is 38.6. The van der Waals surface area contributed by atoms with Crippen LogP contribution < -0.4 is 0 Å². The van der Waals surface area contributed by atoms with E-state index in [4.69, 9.17) is 45.6 Å². The molecule has 554 valence electrons. The second kappa shape index (κ2) is 102. The number of methoxy groups -OCH3 is 2. The average Bonchev–Trinajstić information content (AvgIpc) is 3.60. The lowest BCUT2D eigenvalue weighted by atomic mass is 10.1. The number of hydrogen-bond donors (Lipinski definition) is 8. The molecular weight excluding hydrogens is 1160 g/mol. The fraction of sp³-hybridized carbons (Fsp3) is 0.935. The summed E-state index contributed by atoms with van der Waals surface area (Å²) in [5.41, 5.74) is 0. The molecule has 15 heteroatoms. The number of carboxylic acid groups (broad SMARTS) is 1. The largest absolute Gasteiger partial charge is 0.481 e. The number of hydrogen-bond acceptors (Lipinski definition) is 14. The molecule has 0 radical (unpaired) electrons. The molecule has 0 spiro atoms. The summed E-state index contributed by atoms with van der Waals surface area (Å²) < 4.78 is 14.2. The number of rotatable bonds is 55. The van der Waals surface area contributed by atoms with Crippen LogP contribution in [0.5, 0.6) is 0 Å². The van der Waals surface area contributed by atoms with E-state index >= 15 is 0 Å². The molecule has 8 N–H and O–H groups in total. The Morgan fingerprint density at radius 1 is 0.326 bits per heavy atom. The molecule has 15 nitrogen and oxygen atoms in total. The SMILES string of the molecule is CCCCCCCCCCCO.COC(=O)CCCCCCCCCCC(=O)O.COC(=O)CCCCCCCCCCCO.O=C1CCCCCCCCCCCO1.OCCCCCCCCCCCCO.OCCCCO.[CH2+]CCCCCCCCCCCO. The molecule has 0 aromatic heterocycles. The molecule has 0 atom stereocenters. The quantitative estimate of drug-likeness (QED) is 0.0122. The molecule has 1 fully saturated rings. The third kappa shape index (κ3) is 118. The highest BCUT2D eigenvalue weighted by Gasteiger charge is 2.05. The minimum Gasteiger partial charge on any atom is -0.481 e. The van der Waals surface area contributed by atoms with Crippen LogP contribution in [0.2, 0.25) is 0 Å². The van der Waals surface area contributed by atoms with Gasteiger partial charge in [0.15, 0.2) is 0 Å². The van der Waals surface area contributed by atoms with E-state index in [1.807, 2.05) is 0 Å². The van der Waals surface area contributed by atoms with Gasteiger partial charge in [-0.2, -0.15) is 0 Å². The number of carbonyl (C=O) groups is 4. The van der Waals surface area contributed by atoms with Gasteiger partial charge in [-0.15, -0.1) is 0 Å². The average molecular weight is 1320 g/mol. The molecule has 92 heavy (non-hydrogen) atoms. The number of aliphatic hydroxyl groups is 7. The minimum atomic E-state index is -0.701. The van der Waals surface area contributed by atoms with Gasteiger partial charge in [0.25, 0.3) is 0 Å². The van der Waals surface area contributed by atoms with Gasteiger partial charge in [-0.05, 0) is 89.9 Å². The predicted molar refractivity (Wildman–Crippen MR) is 385 cm³/mol. The molecule has 0 aromatic carbocycles. The number of ether oxygens (including phenoxy) is 3. The van der Waals surface area contributed by atoms with Crippen molar-refractivity contribution >= 4 is 23.9 Å². The molecule has 0 unspecified atom stereocenters. The zero-order valence-electron chi connectivity index (χ0n) is 60.9. The summed E-state index contributed by atoms with van der Waals surface area (Å²) in [5, 5.41) is 67.4. The van der Waals surface area contributed by atoms with Crippen molar-refractivity contribution in [2.45, 2.75) is 399 Å². The summed E-state index contributed by atoms with van der Waals surface area (Å²) in [5.74, 6) is -0.917. The first-order valence-electron chi connectivity index (χ1n) is 38.6. The highest BCUT2D eigenvalue weighted by atomic mass is 16.5. The van der Waals surface area contributed by atoms with Crippen molar-refractivity contribution in [2.75, 3.05) is 67.1 Å². The van der Waals surface area contributed by atoms with Gasteiger partial charge in [-0.1, -0.05) is 277 Å². The number of esters is 3. The zero-order valence-corrected chi connectivity index (χ0v) is 60.9. The number of cyclic esters (lactones) is 1. The monoisotopic (exact) mass is 1320 g/mol. The second-order valence-corrected chi connectivity index (χ2v) is 25.1. The standard InChI is InChI=1S/C13H24O4.C13H26O3.C12H22O2.C12H26O2.C12H25O.C11H24O.C4H10O2/c1-17-13(16)11-9-7-5-3-2-4-6-8-10-12(14)15;1-16-13(15)11-9-7-5-3-2-4-6-8-10-12-14;13-12-10-8-6-4-2-1-3-5-7-9-11-14-12;13-11-9-7-5-3-1-2-4-6-8-10-12-14;1-2-3-4-5-6-7-8-9-10-11-12-13;1-2-3-4-5-6-7-8-9-10-11-12;5-3-1-2-4-6/h2-11H2,1H3,(H,14,15);14H,2-12H2,1H3;1-11H2;13-14H,1-12H2;13H,1-12H2;12H,2-11H2,1H3;5-6H,1-4H2/q;;;;+1;;. The van der Waals surface area contributed by atoms with Crippen molar-refractivity contribution in [3.05, 3.63) is 6.92 Å². The van der Waals surface area contributed by atoms with Gasteiger partial charge in [0.05, 0.1) is 34.2 Å². The number of aliphatic hydroxyl groups excluding tert-OH is 7. The van der Waals surface area contributed by atoms with Crippen LogP contribution in [-0.2, 0) is 33.4 Å². The van der Waals surface area contributed by atoms with Crippen LogP contribution in [0.15, 0.2) is 0 Å². The summed E-state index contributed by atoms with van der Waals surface area (Å²) in [6.45, 7) is 8.87. The Bertz CT molecular complexity index is 1260. The van der Waals surface area contributed by atoms with Crippen molar-refractivity contribution < 1.29 is 74.2 Å². The first kappa shape index (κ1) is 101. The Labute approximate surface area is 568 Å². The number of carboxylic acids is 1. The Kier molecular flexibility index (Phi) is 111. The molecule has 0 bridgehead atoms. The number of unbranched alkanes of at least 4 members (excludes halogenated alkanes) is 42. The summed E-state index contributed by atoms with van der Waals surface area (Å²) in [6, 6.07) is 0. The Morgan fingerprint density at radius 3 is 0.793 bits per heavy atom. The van der Waals surface area contributed by atoms with Crippen molar-refractivity contribution in [3.8, 4) is 0 Å². The van der Waals surface area contributed by atoms with E-state index in [2.05, 4.69) is 23.3 Å². The van der Waals surface area contributed by atoms with E-state index in [1.54, 1.807) is 0 Å². The molecule has 1 rings (SSSR count). The fourth-order valence-corrected chi connectivity index (χ4v) is 10.1. The van der Waals surface area contributed by atoms with Gasteiger partial charge in [0.1, 0.15) is 0 Å². The topological polar surface area (TPSA) is 258 Å². The normalized spacial score (nSPS) is 12.2. The lowest BCUT2D eigenvalue weighted by molar-refractivity contribution is -0.144. The van der Waals surface area contributed by atoms with Crippen molar-refractivity contribution in [1.29, 1.82) is 0 Å². The van der Waals surface area contributed by atoms with Crippen LogP contribution in [-0.4, -0.2) is 132 Å². The van der Waals surface area contributed by atoms with Crippen LogP contribution in [0.1, 0.15) is 399 Å². The summed E-state index contributed by atoms with van der Waals surface area (Å²) >= 11 is 0. The van der Waals surface area contributed by atoms with Crippen molar-refractivity contribution in [3.63, 3.8) is 0 Å². The van der Waals surface area contributed by atoms with Gasteiger partial charge in [-0.25, -0.2) is 0 Å². The van der Waals surface area contributed by atoms with Crippen LogP contribution >= 0.6 is 0 Å². The highest BCUT2D eigenvalue weighted by Crippen LogP contribution is 2.16. The predicted octanol–water partition coefficient (Wildman–Crippen LogP) is 19.5. The van der Waals surface area contributed by atoms with Crippen LogP contribution in [0.4, 0.5) is 0 Å². The number of aliphatic carboxylic acids is 1.